The summed E-state index contributed by atoms with van der Waals surface area (Å²) >= 11 is 0. The Morgan fingerprint density at radius 3 is 2.87 bits per heavy atom. The minimum atomic E-state index is 0.151. The Morgan fingerprint density at radius 1 is 1.23 bits per heavy atom. The minimum Gasteiger partial charge on any atom is -0.374 e. The fraction of sp³-hybridized carbons (Fsp3) is 0.381. The molecule has 1 aromatic carbocycles. The lowest BCUT2D eigenvalue weighted by Gasteiger charge is -2.09. The maximum absolute atomic E-state index is 5.63. The molecule has 9 nitrogen and oxygen atoms in total. The third-order valence-electron chi connectivity index (χ3n) is 5.24. The van der Waals surface area contributed by atoms with Gasteiger partial charge in [0.2, 0.25) is 11.7 Å². The number of hydrogen-bond donors (Lipinski definition) is 0. The average Bonchev–Trinajstić information content (AvgIpc) is 3.44. The molecule has 5 rings (SSSR count). The first-order valence-corrected chi connectivity index (χ1v) is 10.1. The summed E-state index contributed by atoms with van der Waals surface area (Å²) in [6, 6.07) is 6.29. The zero-order valence-electron chi connectivity index (χ0n) is 17.5. The third kappa shape index (κ3) is 2.93. The van der Waals surface area contributed by atoms with Crippen molar-refractivity contribution in [3.8, 4) is 28.6 Å². The van der Waals surface area contributed by atoms with E-state index in [4.69, 9.17) is 9.26 Å². The molecule has 0 saturated carbocycles. The summed E-state index contributed by atoms with van der Waals surface area (Å²) in [7, 11) is 0. The summed E-state index contributed by atoms with van der Waals surface area (Å²) < 4.78 is 15.2. The summed E-state index contributed by atoms with van der Waals surface area (Å²) in [6.07, 6.45) is 1.81. The summed E-state index contributed by atoms with van der Waals surface area (Å²) in [5.74, 6) is 2.82. The topological polar surface area (TPSA) is 96.7 Å². The van der Waals surface area contributed by atoms with Gasteiger partial charge in [0.1, 0.15) is 18.6 Å². The van der Waals surface area contributed by atoms with E-state index in [1.165, 1.54) is 0 Å². The predicted octanol–water partition coefficient (Wildman–Crippen LogP) is 3.51. The van der Waals surface area contributed by atoms with Crippen LogP contribution in [0, 0.1) is 6.92 Å². The van der Waals surface area contributed by atoms with Gasteiger partial charge in [-0.15, -0.1) is 10.2 Å². The molecule has 1 aliphatic heterocycles. The molecule has 0 spiro atoms. The van der Waals surface area contributed by atoms with Crippen LogP contribution in [0.1, 0.15) is 49.7 Å². The van der Waals surface area contributed by atoms with Gasteiger partial charge in [-0.25, -0.2) is 4.98 Å². The van der Waals surface area contributed by atoms with Crippen LogP contribution in [0.3, 0.4) is 0 Å². The number of ether oxygens (including phenoxy) is 1. The van der Waals surface area contributed by atoms with E-state index in [1.807, 2.05) is 27.1 Å². The SMILES string of the molecule is CCOCc1nnc2n1Cc1c(-c3noc(C(C)C)n3)ncn1-c1ccc(C)cc1-2. The van der Waals surface area contributed by atoms with E-state index in [0.29, 0.717) is 37.2 Å². The van der Waals surface area contributed by atoms with E-state index in [2.05, 4.69) is 59.6 Å². The molecule has 1 aliphatic rings. The Balaban J connectivity index is 1.71. The fourth-order valence-corrected chi connectivity index (χ4v) is 3.67. The number of hydrogen-bond acceptors (Lipinski definition) is 7. The van der Waals surface area contributed by atoms with Gasteiger partial charge < -0.3 is 13.8 Å². The second-order valence-electron chi connectivity index (χ2n) is 7.70. The molecule has 154 valence electrons. The van der Waals surface area contributed by atoms with Crippen LogP contribution >= 0.6 is 0 Å². The molecule has 0 fully saturated rings. The summed E-state index contributed by atoms with van der Waals surface area (Å²) in [4.78, 5) is 9.20. The van der Waals surface area contributed by atoms with Gasteiger partial charge in [-0.05, 0) is 26.0 Å². The first-order chi connectivity index (χ1) is 14.6. The highest BCUT2D eigenvalue weighted by Crippen LogP contribution is 2.35. The number of rotatable bonds is 5. The molecule has 0 radical (unpaired) electrons. The minimum absolute atomic E-state index is 0.151. The van der Waals surface area contributed by atoms with Crippen molar-refractivity contribution >= 4 is 0 Å². The third-order valence-corrected chi connectivity index (χ3v) is 5.24. The Bertz CT molecular complexity index is 1220. The highest BCUT2D eigenvalue weighted by Gasteiger charge is 2.28. The van der Waals surface area contributed by atoms with Gasteiger partial charge in [-0.1, -0.05) is 30.6 Å². The van der Waals surface area contributed by atoms with Gasteiger partial charge in [-0.2, -0.15) is 4.98 Å². The Labute approximate surface area is 173 Å². The zero-order valence-corrected chi connectivity index (χ0v) is 17.5. The second-order valence-corrected chi connectivity index (χ2v) is 7.70. The lowest BCUT2D eigenvalue weighted by molar-refractivity contribution is 0.125. The van der Waals surface area contributed by atoms with Crippen LogP contribution in [0.25, 0.3) is 28.6 Å². The highest BCUT2D eigenvalue weighted by molar-refractivity contribution is 5.71. The quantitative estimate of drug-likeness (QED) is 0.441. The Kier molecular flexibility index (Phi) is 4.47. The van der Waals surface area contributed by atoms with Crippen molar-refractivity contribution in [3.63, 3.8) is 0 Å². The molecule has 0 bridgehead atoms. The highest BCUT2D eigenvalue weighted by atomic mass is 16.5. The van der Waals surface area contributed by atoms with Crippen molar-refractivity contribution in [3.05, 3.63) is 47.5 Å². The van der Waals surface area contributed by atoms with E-state index in [-0.39, 0.29) is 5.92 Å². The smallest absolute Gasteiger partial charge is 0.229 e. The number of imidazole rings is 1. The maximum Gasteiger partial charge on any atom is 0.229 e. The molecule has 0 unspecified atom stereocenters. The monoisotopic (exact) mass is 405 g/mol. The average molecular weight is 405 g/mol. The zero-order chi connectivity index (χ0) is 20.8. The van der Waals surface area contributed by atoms with E-state index < -0.39 is 0 Å². The van der Waals surface area contributed by atoms with Crippen molar-refractivity contribution in [2.24, 2.45) is 0 Å². The fourth-order valence-electron chi connectivity index (χ4n) is 3.67. The second kappa shape index (κ2) is 7.17. The first kappa shape index (κ1) is 18.7. The standard InChI is InChI=1S/C21H23N7O2/c1-5-29-10-17-24-25-20-14-8-13(4)6-7-15(14)28-11-22-18(16(28)9-27(17)20)19-23-21(12(2)3)30-26-19/h6-8,11-12H,5,9-10H2,1-4H3. The molecule has 0 aliphatic carbocycles. The lowest BCUT2D eigenvalue weighted by atomic mass is 10.1. The van der Waals surface area contributed by atoms with Gasteiger partial charge in [0.05, 0.1) is 17.9 Å². The van der Waals surface area contributed by atoms with Crippen LogP contribution < -0.4 is 0 Å². The number of aryl methyl sites for hydroxylation is 1. The van der Waals surface area contributed by atoms with Crippen LogP contribution in [-0.2, 0) is 17.9 Å². The molecule has 4 heterocycles. The summed E-state index contributed by atoms with van der Waals surface area (Å²) in [6.45, 7) is 9.61. The van der Waals surface area contributed by atoms with Gasteiger partial charge in [-0.3, -0.25) is 4.57 Å². The largest absolute Gasteiger partial charge is 0.374 e. The van der Waals surface area contributed by atoms with Crippen LogP contribution in [-0.4, -0.2) is 41.1 Å². The van der Waals surface area contributed by atoms with Gasteiger partial charge >= 0.3 is 0 Å². The number of benzene rings is 1. The molecular formula is C21H23N7O2. The van der Waals surface area contributed by atoms with Crippen molar-refractivity contribution in [2.75, 3.05) is 6.61 Å². The van der Waals surface area contributed by atoms with Crippen LogP contribution in [0.2, 0.25) is 0 Å². The molecule has 0 amide bonds. The van der Waals surface area contributed by atoms with Crippen molar-refractivity contribution in [1.29, 1.82) is 0 Å². The summed E-state index contributed by atoms with van der Waals surface area (Å²) in [5.41, 5.74) is 4.80. The molecule has 0 atom stereocenters. The number of nitrogens with zero attached hydrogens (tertiary/aromatic N) is 7. The number of aromatic nitrogens is 7. The van der Waals surface area contributed by atoms with Crippen molar-refractivity contribution < 1.29 is 9.26 Å². The maximum atomic E-state index is 5.63. The van der Waals surface area contributed by atoms with Gasteiger partial charge in [0.15, 0.2) is 11.6 Å². The molecule has 3 aromatic heterocycles. The van der Waals surface area contributed by atoms with E-state index >= 15 is 0 Å². The molecule has 30 heavy (non-hydrogen) atoms. The normalized spacial score (nSPS) is 12.6. The van der Waals surface area contributed by atoms with Crippen molar-refractivity contribution in [1.82, 2.24) is 34.5 Å². The van der Waals surface area contributed by atoms with Crippen LogP contribution in [0.5, 0.6) is 0 Å². The molecule has 0 saturated heterocycles. The molecular weight excluding hydrogens is 382 g/mol. The van der Waals surface area contributed by atoms with Crippen molar-refractivity contribution in [2.45, 2.75) is 46.8 Å². The molecule has 9 heteroatoms. The molecule has 0 N–H and O–H groups in total. The van der Waals surface area contributed by atoms with Crippen LogP contribution in [0.4, 0.5) is 0 Å². The van der Waals surface area contributed by atoms with Crippen LogP contribution in [0.15, 0.2) is 29.0 Å². The van der Waals surface area contributed by atoms with Gasteiger partial charge in [0, 0.05) is 18.1 Å². The first-order valence-electron chi connectivity index (χ1n) is 10.1. The van der Waals surface area contributed by atoms with E-state index in [9.17, 15) is 0 Å². The summed E-state index contributed by atoms with van der Waals surface area (Å²) in [5, 5.41) is 13.1. The Hall–Kier alpha value is -3.33. The lowest BCUT2D eigenvalue weighted by Crippen LogP contribution is -2.09. The number of fused-ring (bicyclic) bond motifs is 5. The van der Waals surface area contributed by atoms with E-state index in [1.54, 1.807) is 0 Å². The van der Waals surface area contributed by atoms with Gasteiger partial charge in [0.25, 0.3) is 0 Å². The van der Waals surface area contributed by atoms with E-state index in [0.717, 1.165) is 34.2 Å². The Morgan fingerprint density at radius 2 is 2.10 bits per heavy atom. The predicted molar refractivity (Wildman–Crippen MR) is 109 cm³/mol. The molecule has 4 aromatic rings.